The van der Waals surface area contributed by atoms with Crippen molar-refractivity contribution in [2.24, 2.45) is 5.41 Å². The van der Waals surface area contributed by atoms with Crippen LogP contribution in [0.1, 0.15) is 31.9 Å². The van der Waals surface area contributed by atoms with Crippen LogP contribution in [0.25, 0.3) is 0 Å². The van der Waals surface area contributed by atoms with Crippen molar-refractivity contribution in [3.05, 3.63) is 35.4 Å². The molecule has 0 atom stereocenters. The highest BCUT2D eigenvalue weighted by Crippen LogP contribution is 2.29. The van der Waals surface area contributed by atoms with E-state index in [2.05, 4.69) is 33.9 Å². The van der Waals surface area contributed by atoms with Crippen molar-refractivity contribution in [1.82, 2.24) is 0 Å². The highest BCUT2D eigenvalue weighted by atomic mass is 28.4. The zero-order chi connectivity index (χ0) is 13.8. The van der Waals surface area contributed by atoms with Crippen molar-refractivity contribution in [2.75, 3.05) is 0 Å². The van der Waals surface area contributed by atoms with E-state index in [1.807, 2.05) is 24.3 Å². The summed E-state index contributed by atoms with van der Waals surface area (Å²) in [7, 11) is -1.64. The Hall–Kier alpha value is -0.643. The van der Waals surface area contributed by atoms with Gasteiger partial charge in [-0.1, -0.05) is 45.0 Å². The van der Waals surface area contributed by atoms with Gasteiger partial charge in [-0.15, -0.1) is 0 Å². The van der Waals surface area contributed by atoms with Crippen molar-refractivity contribution in [3.8, 4) is 0 Å². The molecular weight excluding hydrogens is 240 g/mol. The molecule has 0 saturated carbocycles. The molecule has 0 aromatic heterocycles. The van der Waals surface area contributed by atoms with Gasteiger partial charge in [0, 0.05) is 0 Å². The topological polar surface area (TPSA) is 29.5 Å². The Morgan fingerprint density at radius 2 is 1.67 bits per heavy atom. The molecule has 0 aliphatic carbocycles. The third-order valence-electron chi connectivity index (χ3n) is 2.86. The molecule has 1 aromatic carbocycles. The average molecular weight is 266 g/mol. The summed E-state index contributed by atoms with van der Waals surface area (Å²) in [6.45, 7) is 12.0. The fourth-order valence-corrected chi connectivity index (χ4v) is 5.66. The third-order valence-corrected chi connectivity index (χ3v) is 5.70. The fourth-order valence-electron chi connectivity index (χ4n) is 2.45. The maximum Gasteiger partial charge on any atom is 0.187 e. The van der Waals surface area contributed by atoms with Gasteiger partial charge >= 0.3 is 0 Å². The van der Waals surface area contributed by atoms with Crippen LogP contribution in [0, 0.1) is 5.41 Å². The van der Waals surface area contributed by atoms with Crippen LogP contribution in [0.2, 0.25) is 19.1 Å². The molecule has 0 spiro atoms. The van der Waals surface area contributed by atoms with Gasteiger partial charge in [-0.3, -0.25) is 0 Å². The molecule has 0 aliphatic heterocycles. The van der Waals surface area contributed by atoms with Gasteiger partial charge in [0.25, 0.3) is 0 Å². The summed E-state index contributed by atoms with van der Waals surface area (Å²) in [5.41, 5.74) is 2.39. The van der Waals surface area contributed by atoms with E-state index >= 15 is 0 Å². The van der Waals surface area contributed by atoms with E-state index in [1.54, 1.807) is 0 Å². The first-order valence-corrected chi connectivity index (χ1v) is 9.67. The van der Waals surface area contributed by atoms with Crippen molar-refractivity contribution < 1.29 is 9.53 Å². The molecule has 0 amide bonds. The second kappa shape index (κ2) is 6.00. The maximum absolute atomic E-state index is 9.29. The molecule has 102 valence electrons. The molecular formula is C15H26O2Si. The van der Waals surface area contributed by atoms with Crippen LogP contribution in [-0.4, -0.2) is 13.4 Å². The Kier molecular flexibility index (Phi) is 5.14. The van der Waals surface area contributed by atoms with Crippen LogP contribution in [-0.2, 0) is 17.6 Å². The first-order valence-electron chi connectivity index (χ1n) is 6.55. The Labute approximate surface area is 112 Å². The van der Waals surface area contributed by atoms with Crippen molar-refractivity contribution in [2.45, 2.75) is 53.1 Å². The molecule has 1 rings (SSSR count). The number of hydrogen-bond acceptors (Lipinski definition) is 2. The fraction of sp³-hybridized carbons (Fsp3) is 0.600. The molecule has 1 N–H and O–H groups in total. The van der Waals surface area contributed by atoms with Gasteiger partial charge in [0.15, 0.2) is 8.32 Å². The van der Waals surface area contributed by atoms with Crippen LogP contribution in [0.4, 0.5) is 0 Å². The predicted octanol–water partition coefficient (Wildman–Crippen LogP) is 3.95. The zero-order valence-electron chi connectivity index (χ0n) is 12.3. The van der Waals surface area contributed by atoms with E-state index in [4.69, 9.17) is 4.43 Å². The Morgan fingerprint density at radius 3 is 2.17 bits per heavy atom. The molecule has 3 heteroatoms. The van der Waals surface area contributed by atoms with E-state index < -0.39 is 8.32 Å². The standard InChI is InChI=1S/C15H26O2Si/c1-15(2,3)12-18(4,5)17-11-14-9-7-6-8-13(14)10-16/h6-9,16H,10-12H2,1-5H3. The van der Waals surface area contributed by atoms with Crippen LogP contribution >= 0.6 is 0 Å². The van der Waals surface area contributed by atoms with Gasteiger partial charge in [0.2, 0.25) is 0 Å². The lowest BCUT2D eigenvalue weighted by Crippen LogP contribution is -2.34. The molecule has 2 nitrogen and oxygen atoms in total. The summed E-state index contributed by atoms with van der Waals surface area (Å²) >= 11 is 0. The molecule has 0 fully saturated rings. The van der Waals surface area contributed by atoms with E-state index in [0.29, 0.717) is 12.0 Å². The first-order chi connectivity index (χ1) is 8.23. The minimum Gasteiger partial charge on any atom is -0.413 e. The van der Waals surface area contributed by atoms with Gasteiger partial charge in [-0.25, -0.2) is 0 Å². The molecule has 0 bridgehead atoms. The van der Waals surface area contributed by atoms with E-state index in [-0.39, 0.29) is 6.61 Å². The summed E-state index contributed by atoms with van der Waals surface area (Å²) in [5.74, 6) is 0. The SMILES string of the molecule is CC(C)(C)C[Si](C)(C)OCc1ccccc1CO. The quantitative estimate of drug-likeness (QED) is 0.818. The van der Waals surface area contributed by atoms with E-state index in [1.165, 1.54) is 0 Å². The lowest BCUT2D eigenvalue weighted by atomic mass is 10.0. The smallest absolute Gasteiger partial charge is 0.187 e. The normalized spacial score (nSPS) is 12.8. The van der Waals surface area contributed by atoms with E-state index in [9.17, 15) is 5.11 Å². The maximum atomic E-state index is 9.29. The number of benzene rings is 1. The van der Waals surface area contributed by atoms with Gasteiger partial charge in [-0.2, -0.15) is 0 Å². The van der Waals surface area contributed by atoms with Crippen molar-refractivity contribution >= 4 is 8.32 Å². The van der Waals surface area contributed by atoms with Gasteiger partial charge in [-0.05, 0) is 35.7 Å². The predicted molar refractivity (Wildman–Crippen MR) is 78.9 cm³/mol. The van der Waals surface area contributed by atoms with Crippen LogP contribution in [0.5, 0.6) is 0 Å². The number of hydrogen-bond donors (Lipinski definition) is 1. The summed E-state index contributed by atoms with van der Waals surface area (Å²) < 4.78 is 6.16. The summed E-state index contributed by atoms with van der Waals surface area (Å²) in [6, 6.07) is 9.08. The highest BCUT2D eigenvalue weighted by Gasteiger charge is 2.29. The van der Waals surface area contributed by atoms with Crippen LogP contribution < -0.4 is 0 Å². The Bertz CT molecular complexity index is 380. The Morgan fingerprint density at radius 1 is 1.11 bits per heavy atom. The Balaban J connectivity index is 2.64. The van der Waals surface area contributed by atoms with Crippen LogP contribution in [0.3, 0.4) is 0 Å². The molecule has 0 heterocycles. The second-order valence-electron chi connectivity index (χ2n) is 6.71. The number of rotatable bonds is 5. The minimum absolute atomic E-state index is 0.0841. The summed E-state index contributed by atoms with van der Waals surface area (Å²) in [5, 5.41) is 9.29. The molecule has 0 unspecified atom stereocenters. The average Bonchev–Trinajstić information content (AvgIpc) is 2.23. The molecule has 0 saturated heterocycles. The second-order valence-corrected chi connectivity index (χ2v) is 10.9. The molecule has 0 radical (unpaired) electrons. The first kappa shape index (κ1) is 15.4. The van der Waals surface area contributed by atoms with Crippen LogP contribution in [0.15, 0.2) is 24.3 Å². The third kappa shape index (κ3) is 5.34. The number of aliphatic hydroxyl groups is 1. The number of aliphatic hydroxyl groups excluding tert-OH is 1. The van der Waals surface area contributed by atoms with E-state index in [0.717, 1.165) is 17.2 Å². The lowest BCUT2D eigenvalue weighted by molar-refractivity contribution is 0.261. The lowest BCUT2D eigenvalue weighted by Gasteiger charge is -2.30. The van der Waals surface area contributed by atoms with Gasteiger partial charge in [0.05, 0.1) is 13.2 Å². The van der Waals surface area contributed by atoms with Gasteiger partial charge in [0.1, 0.15) is 0 Å². The highest BCUT2D eigenvalue weighted by molar-refractivity contribution is 6.71. The van der Waals surface area contributed by atoms with Gasteiger partial charge < -0.3 is 9.53 Å². The summed E-state index contributed by atoms with van der Waals surface area (Å²) in [4.78, 5) is 0. The van der Waals surface area contributed by atoms with Crippen molar-refractivity contribution in [1.29, 1.82) is 0 Å². The summed E-state index contributed by atoms with van der Waals surface area (Å²) in [6.07, 6.45) is 0. The molecule has 1 aromatic rings. The monoisotopic (exact) mass is 266 g/mol. The van der Waals surface area contributed by atoms with Crippen molar-refractivity contribution in [3.63, 3.8) is 0 Å². The molecule has 18 heavy (non-hydrogen) atoms. The molecule has 0 aliphatic rings. The minimum atomic E-state index is -1.64. The zero-order valence-corrected chi connectivity index (χ0v) is 13.3. The largest absolute Gasteiger partial charge is 0.413 e.